The van der Waals surface area contributed by atoms with Crippen LogP contribution in [0.5, 0.6) is 23.0 Å². The number of unbranched alkanes of at least 4 members (excludes halogenated alkanes) is 2. The summed E-state index contributed by atoms with van der Waals surface area (Å²) in [6.45, 7) is 5.92. The van der Waals surface area contributed by atoms with Gasteiger partial charge in [0.1, 0.15) is 19.0 Å². The number of carbonyl (C=O) groups excluding carboxylic acids is 2. The Balaban J connectivity index is 1.59. The second-order valence-electron chi connectivity index (χ2n) is 9.84. The summed E-state index contributed by atoms with van der Waals surface area (Å²) in [6, 6.07) is 13.0. The van der Waals surface area contributed by atoms with Crippen LogP contribution >= 0.6 is 0 Å². The number of nitrogens with zero attached hydrogens (tertiary/aromatic N) is 2. The third-order valence-corrected chi connectivity index (χ3v) is 7.05. The molecule has 1 fully saturated rings. The van der Waals surface area contributed by atoms with Crippen molar-refractivity contribution in [3.05, 3.63) is 83.2 Å². The second-order valence-corrected chi connectivity index (χ2v) is 9.84. The number of carbonyl (C=O) groups is 2. The molecule has 2 aliphatic rings. The van der Waals surface area contributed by atoms with Gasteiger partial charge in [0.15, 0.2) is 23.0 Å². The van der Waals surface area contributed by atoms with Gasteiger partial charge < -0.3 is 29.0 Å². The maximum Gasteiger partial charge on any atom is 0.295 e. The van der Waals surface area contributed by atoms with Gasteiger partial charge in [-0.05, 0) is 66.9 Å². The Morgan fingerprint density at radius 1 is 0.951 bits per heavy atom. The third kappa shape index (κ3) is 5.99. The number of aliphatic hydroxyl groups is 1. The first-order chi connectivity index (χ1) is 20.0. The number of Topliss-reactive ketones (excluding diaryl/α,β-unsaturated/α-hetero) is 1. The number of rotatable bonds is 11. The van der Waals surface area contributed by atoms with Gasteiger partial charge in [-0.15, -0.1) is 0 Å². The van der Waals surface area contributed by atoms with E-state index in [2.05, 4.69) is 11.9 Å². The first kappa shape index (κ1) is 28.0. The second kappa shape index (κ2) is 12.8. The van der Waals surface area contributed by atoms with Crippen molar-refractivity contribution < 1.29 is 33.6 Å². The van der Waals surface area contributed by atoms with Crippen LogP contribution in [0.1, 0.15) is 55.8 Å². The lowest BCUT2D eigenvalue weighted by molar-refractivity contribution is -0.140. The predicted molar refractivity (Wildman–Crippen MR) is 152 cm³/mol. The van der Waals surface area contributed by atoms with Gasteiger partial charge in [-0.3, -0.25) is 14.6 Å². The van der Waals surface area contributed by atoms with E-state index >= 15 is 0 Å². The molecule has 214 valence electrons. The molecule has 9 heteroatoms. The minimum Gasteiger partial charge on any atom is -0.507 e. The molecule has 1 amide bonds. The SMILES string of the molecule is CCCCCOc1ccc(C2/C(=C(/O)c3ccc4c(c3)OCCO4)C(=O)C(=O)N2Cc2ccncc2)cc1OCC. The van der Waals surface area contributed by atoms with Crippen LogP contribution in [0.4, 0.5) is 0 Å². The molecule has 3 heterocycles. The van der Waals surface area contributed by atoms with Crippen molar-refractivity contribution in [2.45, 2.75) is 45.7 Å². The Bertz CT molecular complexity index is 1440. The predicted octanol–water partition coefficient (Wildman–Crippen LogP) is 5.44. The van der Waals surface area contributed by atoms with E-state index in [9.17, 15) is 14.7 Å². The van der Waals surface area contributed by atoms with Crippen LogP contribution in [0.25, 0.3) is 5.76 Å². The lowest BCUT2D eigenvalue weighted by atomic mass is 9.94. The average Bonchev–Trinajstić information content (AvgIpc) is 3.25. The summed E-state index contributed by atoms with van der Waals surface area (Å²) >= 11 is 0. The van der Waals surface area contributed by atoms with Gasteiger partial charge in [0.05, 0.1) is 24.8 Å². The normalized spacial score (nSPS) is 17.5. The first-order valence-electron chi connectivity index (χ1n) is 14.0. The highest BCUT2D eigenvalue weighted by molar-refractivity contribution is 6.46. The molecule has 0 saturated carbocycles. The van der Waals surface area contributed by atoms with E-state index in [-0.39, 0.29) is 17.9 Å². The Hall–Kier alpha value is -4.53. The molecule has 1 atom stereocenters. The molecule has 1 unspecified atom stereocenters. The summed E-state index contributed by atoms with van der Waals surface area (Å²) in [5.74, 6) is 0.350. The Morgan fingerprint density at radius 2 is 1.73 bits per heavy atom. The van der Waals surface area contributed by atoms with Crippen molar-refractivity contribution in [1.82, 2.24) is 9.88 Å². The van der Waals surface area contributed by atoms with E-state index in [1.807, 2.05) is 13.0 Å². The largest absolute Gasteiger partial charge is 0.507 e. The minimum absolute atomic E-state index is 0.0141. The highest BCUT2D eigenvalue weighted by Gasteiger charge is 2.46. The fourth-order valence-electron chi connectivity index (χ4n) is 5.04. The average molecular weight is 559 g/mol. The highest BCUT2D eigenvalue weighted by Crippen LogP contribution is 2.43. The molecule has 1 saturated heterocycles. The van der Waals surface area contributed by atoms with Gasteiger partial charge in [-0.2, -0.15) is 0 Å². The van der Waals surface area contributed by atoms with Gasteiger partial charge in [0.2, 0.25) is 0 Å². The molecule has 0 radical (unpaired) electrons. The number of fused-ring (bicyclic) bond motifs is 1. The van der Waals surface area contributed by atoms with Crippen LogP contribution in [-0.2, 0) is 16.1 Å². The number of hydrogen-bond donors (Lipinski definition) is 1. The minimum atomic E-state index is -0.871. The molecule has 3 aromatic rings. The fraction of sp³-hybridized carbons (Fsp3) is 0.344. The zero-order chi connectivity index (χ0) is 28.8. The summed E-state index contributed by atoms with van der Waals surface area (Å²) < 4.78 is 23.2. The van der Waals surface area contributed by atoms with Crippen molar-refractivity contribution in [2.75, 3.05) is 26.4 Å². The smallest absolute Gasteiger partial charge is 0.295 e. The standard InChI is InChI=1S/C32H34N2O7/c1-3-5-6-15-39-24-9-7-22(18-26(24)38-4-2)29-28(30(35)23-8-10-25-27(19-23)41-17-16-40-25)31(36)32(37)34(29)20-21-11-13-33-14-12-21/h7-14,18-19,29,35H,3-6,15-17,20H2,1-2H3/b30-28-. The number of pyridine rings is 1. The number of aromatic nitrogens is 1. The van der Waals surface area contributed by atoms with Gasteiger partial charge >= 0.3 is 0 Å². The number of amides is 1. The molecule has 1 N–H and O–H groups in total. The number of ether oxygens (including phenoxy) is 4. The van der Waals surface area contributed by atoms with E-state index in [0.29, 0.717) is 60.6 Å². The van der Waals surface area contributed by atoms with E-state index < -0.39 is 17.7 Å². The molecule has 0 bridgehead atoms. The lowest BCUT2D eigenvalue weighted by Crippen LogP contribution is -2.29. The molecule has 9 nitrogen and oxygen atoms in total. The Morgan fingerprint density at radius 3 is 2.49 bits per heavy atom. The Kier molecular flexibility index (Phi) is 8.72. The van der Waals surface area contributed by atoms with Crippen molar-refractivity contribution >= 4 is 17.4 Å². The maximum atomic E-state index is 13.5. The van der Waals surface area contributed by atoms with Crippen molar-refractivity contribution in [2.24, 2.45) is 0 Å². The van der Waals surface area contributed by atoms with Crippen molar-refractivity contribution in [3.8, 4) is 23.0 Å². The first-order valence-corrected chi connectivity index (χ1v) is 14.0. The zero-order valence-corrected chi connectivity index (χ0v) is 23.3. The summed E-state index contributed by atoms with van der Waals surface area (Å²) in [6.07, 6.45) is 6.33. The van der Waals surface area contributed by atoms with Gasteiger partial charge in [-0.1, -0.05) is 25.8 Å². The van der Waals surface area contributed by atoms with E-state index in [0.717, 1.165) is 24.8 Å². The molecular formula is C32H34N2O7. The fourth-order valence-corrected chi connectivity index (χ4v) is 5.04. The van der Waals surface area contributed by atoms with Crippen LogP contribution in [0, 0.1) is 0 Å². The quantitative estimate of drug-likeness (QED) is 0.143. The Labute approximate surface area is 239 Å². The number of benzene rings is 2. The maximum absolute atomic E-state index is 13.5. The van der Waals surface area contributed by atoms with Gasteiger partial charge in [0, 0.05) is 24.5 Å². The van der Waals surface area contributed by atoms with Crippen LogP contribution in [0.2, 0.25) is 0 Å². The van der Waals surface area contributed by atoms with E-state index in [1.165, 1.54) is 4.90 Å². The van der Waals surface area contributed by atoms with Gasteiger partial charge in [-0.25, -0.2) is 0 Å². The highest BCUT2D eigenvalue weighted by atomic mass is 16.6. The van der Waals surface area contributed by atoms with Crippen molar-refractivity contribution in [1.29, 1.82) is 0 Å². The summed E-state index contributed by atoms with van der Waals surface area (Å²) in [5.41, 5.74) is 1.75. The summed E-state index contributed by atoms with van der Waals surface area (Å²) in [5, 5.41) is 11.5. The molecule has 0 spiro atoms. The lowest BCUT2D eigenvalue weighted by Gasteiger charge is -2.26. The van der Waals surface area contributed by atoms with Crippen LogP contribution in [-0.4, -0.2) is 53.1 Å². The molecule has 2 aromatic carbocycles. The van der Waals surface area contributed by atoms with E-state index in [1.54, 1.807) is 54.9 Å². The monoisotopic (exact) mass is 558 g/mol. The number of aliphatic hydroxyl groups excluding tert-OH is 1. The summed E-state index contributed by atoms with van der Waals surface area (Å²) in [7, 11) is 0. The van der Waals surface area contributed by atoms with Crippen molar-refractivity contribution in [3.63, 3.8) is 0 Å². The van der Waals surface area contributed by atoms with Gasteiger partial charge in [0.25, 0.3) is 11.7 Å². The van der Waals surface area contributed by atoms with E-state index in [4.69, 9.17) is 18.9 Å². The number of hydrogen-bond acceptors (Lipinski definition) is 8. The molecule has 2 aliphatic heterocycles. The molecule has 5 rings (SSSR count). The molecule has 0 aliphatic carbocycles. The number of ketones is 1. The van der Waals surface area contributed by atoms with Crippen LogP contribution < -0.4 is 18.9 Å². The third-order valence-electron chi connectivity index (χ3n) is 7.05. The van der Waals surface area contributed by atoms with Crippen LogP contribution in [0.3, 0.4) is 0 Å². The topological polar surface area (TPSA) is 107 Å². The molecular weight excluding hydrogens is 524 g/mol. The van der Waals surface area contributed by atoms with Crippen LogP contribution in [0.15, 0.2) is 66.5 Å². The zero-order valence-electron chi connectivity index (χ0n) is 23.3. The molecule has 1 aromatic heterocycles. The molecule has 41 heavy (non-hydrogen) atoms. The summed E-state index contributed by atoms with van der Waals surface area (Å²) in [4.78, 5) is 32.5. The number of likely N-dealkylation sites (tertiary alicyclic amines) is 1.